The van der Waals surface area contributed by atoms with Crippen LogP contribution in [0.15, 0.2) is 36.4 Å². The minimum Gasteiger partial charge on any atom is -0.485 e. The molecular weight excluding hydrogens is 253 g/mol. The molecule has 0 aliphatic carbocycles. The Morgan fingerprint density at radius 1 is 1.10 bits per heavy atom. The number of hydrogen-bond acceptors (Lipinski definition) is 2. The molecule has 2 atom stereocenters. The first-order valence-electron chi connectivity index (χ1n) is 6.83. The van der Waals surface area contributed by atoms with E-state index in [1.165, 1.54) is 23.3 Å². The Morgan fingerprint density at radius 3 is 2.65 bits per heavy atom. The highest BCUT2D eigenvalue weighted by molar-refractivity contribution is 5.41. The van der Waals surface area contributed by atoms with E-state index in [0.717, 1.165) is 11.1 Å². The van der Waals surface area contributed by atoms with Gasteiger partial charge in [0.1, 0.15) is 17.7 Å². The number of nitrogens with two attached hydrogens (primary N) is 1. The number of benzene rings is 2. The molecule has 1 unspecified atom stereocenters. The first kappa shape index (κ1) is 13.1. The molecule has 3 heteroatoms. The zero-order chi connectivity index (χ0) is 14.3. The van der Waals surface area contributed by atoms with Crippen LogP contribution >= 0.6 is 0 Å². The summed E-state index contributed by atoms with van der Waals surface area (Å²) >= 11 is 0. The number of hydrogen-bond donors (Lipinski definition) is 1. The maximum Gasteiger partial charge on any atom is 0.126 e. The lowest BCUT2D eigenvalue weighted by atomic mass is 9.91. The number of rotatable bonds is 1. The van der Waals surface area contributed by atoms with Gasteiger partial charge < -0.3 is 10.5 Å². The average Bonchev–Trinajstić information content (AvgIpc) is 2.39. The molecule has 1 aliphatic rings. The predicted octanol–water partition coefficient (Wildman–Crippen LogP) is 3.97. The van der Waals surface area contributed by atoms with Gasteiger partial charge in [-0.15, -0.1) is 0 Å². The topological polar surface area (TPSA) is 35.2 Å². The lowest BCUT2D eigenvalue weighted by molar-refractivity contribution is 0.160. The Balaban J connectivity index is 1.97. The maximum absolute atomic E-state index is 13.3. The molecule has 2 aromatic rings. The lowest BCUT2D eigenvalue weighted by Gasteiger charge is -2.31. The zero-order valence-electron chi connectivity index (χ0n) is 11.7. The maximum atomic E-state index is 13.3. The van der Waals surface area contributed by atoms with Gasteiger partial charge in [-0.3, -0.25) is 0 Å². The fraction of sp³-hybridized carbons (Fsp3) is 0.294. The van der Waals surface area contributed by atoms with Crippen LogP contribution in [0.1, 0.15) is 40.8 Å². The van der Waals surface area contributed by atoms with Gasteiger partial charge in [-0.2, -0.15) is 0 Å². The standard InChI is InChI=1S/C17H18FNO/c1-10-3-5-13(11(2)7-10)17-9-15(19)14-8-12(18)4-6-16(14)20-17/h3-8,15,17H,9,19H2,1-2H3/t15-,17?/m0/s1. The molecule has 1 heterocycles. The Labute approximate surface area is 118 Å². The van der Waals surface area contributed by atoms with Gasteiger partial charge in [-0.25, -0.2) is 4.39 Å². The summed E-state index contributed by atoms with van der Waals surface area (Å²) in [5.41, 5.74) is 10.5. The Kier molecular flexibility index (Phi) is 3.22. The van der Waals surface area contributed by atoms with E-state index in [2.05, 4.69) is 32.0 Å². The van der Waals surface area contributed by atoms with Gasteiger partial charge in [0, 0.05) is 18.0 Å². The van der Waals surface area contributed by atoms with Crippen LogP contribution in [0.5, 0.6) is 5.75 Å². The van der Waals surface area contributed by atoms with Crippen molar-refractivity contribution in [3.05, 3.63) is 64.5 Å². The highest BCUT2D eigenvalue weighted by Gasteiger charge is 2.28. The molecule has 2 nitrogen and oxygen atoms in total. The van der Waals surface area contributed by atoms with Crippen LogP contribution in [0.4, 0.5) is 4.39 Å². The van der Waals surface area contributed by atoms with Crippen molar-refractivity contribution in [1.82, 2.24) is 0 Å². The van der Waals surface area contributed by atoms with Crippen molar-refractivity contribution in [3.8, 4) is 5.75 Å². The highest BCUT2D eigenvalue weighted by Crippen LogP contribution is 2.40. The van der Waals surface area contributed by atoms with E-state index < -0.39 is 0 Å². The summed E-state index contributed by atoms with van der Waals surface area (Å²) in [6.45, 7) is 4.15. The van der Waals surface area contributed by atoms with Crippen molar-refractivity contribution in [2.45, 2.75) is 32.4 Å². The van der Waals surface area contributed by atoms with Crippen molar-refractivity contribution >= 4 is 0 Å². The van der Waals surface area contributed by atoms with E-state index in [1.54, 1.807) is 6.07 Å². The van der Waals surface area contributed by atoms with Gasteiger partial charge in [-0.1, -0.05) is 23.8 Å². The first-order chi connectivity index (χ1) is 9.54. The third kappa shape index (κ3) is 2.29. The minimum atomic E-state index is -0.271. The Hall–Kier alpha value is -1.87. The number of aryl methyl sites for hydroxylation is 2. The molecule has 2 aromatic carbocycles. The van der Waals surface area contributed by atoms with Crippen molar-refractivity contribution in [2.24, 2.45) is 5.73 Å². The lowest BCUT2D eigenvalue weighted by Crippen LogP contribution is -2.24. The smallest absolute Gasteiger partial charge is 0.126 e. The van der Waals surface area contributed by atoms with Crippen molar-refractivity contribution in [2.75, 3.05) is 0 Å². The molecule has 0 amide bonds. The molecule has 3 rings (SSSR count). The summed E-state index contributed by atoms with van der Waals surface area (Å²) in [7, 11) is 0. The highest BCUT2D eigenvalue weighted by atomic mass is 19.1. The monoisotopic (exact) mass is 271 g/mol. The first-order valence-corrected chi connectivity index (χ1v) is 6.83. The SMILES string of the molecule is Cc1ccc(C2C[C@H](N)c3cc(F)ccc3O2)c(C)c1. The number of fused-ring (bicyclic) bond motifs is 1. The summed E-state index contributed by atoms with van der Waals surface area (Å²) < 4.78 is 19.3. The molecule has 0 saturated carbocycles. The minimum absolute atomic E-state index is 0.0661. The molecule has 0 fully saturated rings. The molecule has 104 valence electrons. The molecule has 0 bridgehead atoms. The largest absolute Gasteiger partial charge is 0.485 e. The third-order valence-corrected chi connectivity index (χ3v) is 3.88. The van der Waals surface area contributed by atoms with Gasteiger partial charge in [0.15, 0.2) is 0 Å². The molecule has 20 heavy (non-hydrogen) atoms. The molecular formula is C17H18FNO. The average molecular weight is 271 g/mol. The van der Waals surface area contributed by atoms with E-state index in [0.29, 0.717) is 12.2 Å². The summed E-state index contributed by atoms with van der Waals surface area (Å²) in [4.78, 5) is 0. The summed E-state index contributed by atoms with van der Waals surface area (Å²) in [6, 6.07) is 10.7. The molecule has 0 spiro atoms. The van der Waals surface area contributed by atoms with Gasteiger partial charge >= 0.3 is 0 Å². The summed E-state index contributed by atoms with van der Waals surface area (Å²) in [5.74, 6) is 0.419. The summed E-state index contributed by atoms with van der Waals surface area (Å²) in [5, 5.41) is 0. The Morgan fingerprint density at radius 2 is 1.90 bits per heavy atom. The van der Waals surface area contributed by atoms with Crippen LogP contribution in [0.25, 0.3) is 0 Å². The fourth-order valence-corrected chi connectivity index (χ4v) is 2.85. The molecule has 0 saturated heterocycles. The van der Waals surface area contributed by atoms with E-state index in [1.807, 2.05) is 0 Å². The van der Waals surface area contributed by atoms with Gasteiger partial charge in [0.2, 0.25) is 0 Å². The van der Waals surface area contributed by atoms with Gasteiger partial charge in [0.25, 0.3) is 0 Å². The zero-order valence-corrected chi connectivity index (χ0v) is 11.7. The quantitative estimate of drug-likeness (QED) is 0.852. The predicted molar refractivity (Wildman–Crippen MR) is 77.2 cm³/mol. The molecule has 1 aliphatic heterocycles. The van der Waals surface area contributed by atoms with Crippen LogP contribution in [0, 0.1) is 19.7 Å². The van der Waals surface area contributed by atoms with E-state index in [-0.39, 0.29) is 18.0 Å². The second-order valence-corrected chi connectivity index (χ2v) is 5.49. The molecule has 0 radical (unpaired) electrons. The van der Waals surface area contributed by atoms with Crippen LogP contribution in [-0.2, 0) is 0 Å². The molecule has 0 aromatic heterocycles. The van der Waals surface area contributed by atoms with E-state index >= 15 is 0 Å². The fourth-order valence-electron chi connectivity index (χ4n) is 2.85. The van der Waals surface area contributed by atoms with Gasteiger partial charge in [0.05, 0.1) is 0 Å². The van der Waals surface area contributed by atoms with Crippen molar-refractivity contribution in [3.63, 3.8) is 0 Å². The van der Waals surface area contributed by atoms with Crippen LogP contribution < -0.4 is 10.5 Å². The van der Waals surface area contributed by atoms with E-state index in [9.17, 15) is 4.39 Å². The summed E-state index contributed by atoms with van der Waals surface area (Å²) in [6.07, 6.45) is 0.601. The second-order valence-electron chi connectivity index (χ2n) is 5.49. The van der Waals surface area contributed by atoms with Gasteiger partial charge in [-0.05, 0) is 43.2 Å². The van der Waals surface area contributed by atoms with Crippen molar-refractivity contribution < 1.29 is 9.13 Å². The van der Waals surface area contributed by atoms with Crippen LogP contribution in [-0.4, -0.2) is 0 Å². The Bertz CT molecular complexity index is 653. The number of ether oxygens (including phenoxy) is 1. The van der Waals surface area contributed by atoms with Crippen molar-refractivity contribution in [1.29, 1.82) is 0 Å². The normalized spacial score (nSPS) is 21.2. The number of halogens is 1. The van der Waals surface area contributed by atoms with E-state index in [4.69, 9.17) is 10.5 Å². The van der Waals surface area contributed by atoms with Crippen LogP contribution in [0.2, 0.25) is 0 Å². The third-order valence-electron chi connectivity index (χ3n) is 3.88. The van der Waals surface area contributed by atoms with Crippen LogP contribution in [0.3, 0.4) is 0 Å². The second kappa shape index (κ2) is 4.91. The molecule has 2 N–H and O–H groups in total.